The summed E-state index contributed by atoms with van der Waals surface area (Å²) in [4.78, 5) is 5.36. The third-order valence-corrected chi connectivity index (χ3v) is 8.69. The minimum Gasteiger partial charge on any atom is -0.455 e. The van der Waals surface area contributed by atoms with Crippen LogP contribution in [0, 0.1) is 0 Å². The van der Waals surface area contributed by atoms with Crippen LogP contribution in [-0.2, 0) is 0 Å². The van der Waals surface area contributed by atoms with E-state index in [0.29, 0.717) is 0 Å². The summed E-state index contributed by atoms with van der Waals surface area (Å²) >= 11 is 0. The summed E-state index contributed by atoms with van der Waals surface area (Å²) in [6.07, 6.45) is 0. The molecule has 2 aromatic heterocycles. The molecule has 7 aromatic carbocycles. The number of hydrogen-bond donors (Lipinski definition) is 0. The number of pyridine rings is 1. The molecule has 2 heterocycles. The first-order chi connectivity index (χ1) is 21.3. The first kappa shape index (κ1) is 23.9. The van der Waals surface area contributed by atoms with Gasteiger partial charge < -0.3 is 4.42 Å². The van der Waals surface area contributed by atoms with Gasteiger partial charge in [-0.2, -0.15) is 0 Å². The molecule has 0 fully saturated rings. The highest BCUT2D eigenvalue weighted by molar-refractivity contribution is 6.24. The van der Waals surface area contributed by atoms with Gasteiger partial charge in [0.15, 0.2) is 0 Å². The van der Waals surface area contributed by atoms with Crippen molar-refractivity contribution in [2.75, 3.05) is 0 Å². The number of fused-ring (bicyclic) bond motifs is 9. The van der Waals surface area contributed by atoms with Gasteiger partial charge in [-0.15, -0.1) is 0 Å². The first-order valence-electron chi connectivity index (χ1n) is 14.6. The summed E-state index contributed by atoms with van der Waals surface area (Å²) in [5.41, 5.74) is 9.27. The van der Waals surface area contributed by atoms with E-state index in [-0.39, 0.29) is 0 Å². The third-order valence-electron chi connectivity index (χ3n) is 8.69. The van der Waals surface area contributed by atoms with Crippen molar-refractivity contribution in [3.8, 4) is 33.5 Å². The zero-order valence-corrected chi connectivity index (χ0v) is 23.3. The van der Waals surface area contributed by atoms with Crippen LogP contribution in [0.5, 0.6) is 0 Å². The highest BCUT2D eigenvalue weighted by Gasteiger charge is 2.18. The van der Waals surface area contributed by atoms with Crippen molar-refractivity contribution in [1.82, 2.24) is 4.98 Å². The molecule has 0 N–H and O–H groups in total. The topological polar surface area (TPSA) is 26.0 Å². The molecule has 2 nitrogen and oxygen atoms in total. The standard InChI is InChI=1S/C41H25NO/c1-2-12-26(13-3-1)27-20-10-22-36-37-23-11-21-35(41(37)43-40(27)36)31-17-6-8-18-32(31)38-25-24-34-30-16-5-4-14-28(30)29-15-7-9-19-33(29)39(34)42-38/h1-25H. The van der Waals surface area contributed by atoms with Gasteiger partial charge in [0.25, 0.3) is 0 Å². The Bertz CT molecular complexity index is 2470. The molecule has 0 aliphatic rings. The Morgan fingerprint density at radius 2 is 0.814 bits per heavy atom. The van der Waals surface area contributed by atoms with Crippen molar-refractivity contribution >= 4 is 54.4 Å². The molecule has 9 rings (SSSR count). The van der Waals surface area contributed by atoms with Gasteiger partial charge in [-0.3, -0.25) is 0 Å². The maximum Gasteiger partial charge on any atom is 0.143 e. The minimum absolute atomic E-state index is 0.894. The molecule has 2 heteroatoms. The molecule has 200 valence electrons. The van der Waals surface area contributed by atoms with Crippen LogP contribution in [0.3, 0.4) is 0 Å². The molecule has 0 unspecified atom stereocenters. The second-order valence-electron chi connectivity index (χ2n) is 11.1. The highest BCUT2D eigenvalue weighted by atomic mass is 16.3. The van der Waals surface area contributed by atoms with Gasteiger partial charge >= 0.3 is 0 Å². The van der Waals surface area contributed by atoms with E-state index < -0.39 is 0 Å². The monoisotopic (exact) mass is 547 g/mol. The second kappa shape index (κ2) is 9.40. The zero-order valence-electron chi connectivity index (χ0n) is 23.3. The van der Waals surface area contributed by atoms with Crippen molar-refractivity contribution < 1.29 is 4.42 Å². The number of para-hydroxylation sites is 2. The summed E-state index contributed by atoms with van der Waals surface area (Å²) in [5.74, 6) is 0. The molecule has 0 amide bonds. The van der Waals surface area contributed by atoms with Crippen LogP contribution < -0.4 is 0 Å². The van der Waals surface area contributed by atoms with E-state index in [0.717, 1.165) is 61.0 Å². The van der Waals surface area contributed by atoms with Crippen LogP contribution in [0.15, 0.2) is 156 Å². The van der Waals surface area contributed by atoms with Crippen molar-refractivity contribution in [2.45, 2.75) is 0 Å². The molecule has 0 spiro atoms. The van der Waals surface area contributed by atoms with Crippen LogP contribution in [-0.4, -0.2) is 4.98 Å². The lowest BCUT2D eigenvalue weighted by Crippen LogP contribution is -1.91. The van der Waals surface area contributed by atoms with E-state index in [1.54, 1.807) is 0 Å². The average Bonchev–Trinajstić information content (AvgIpc) is 3.48. The Balaban J connectivity index is 1.29. The van der Waals surface area contributed by atoms with Crippen LogP contribution in [0.2, 0.25) is 0 Å². The predicted molar refractivity (Wildman–Crippen MR) is 180 cm³/mol. The molecular weight excluding hydrogens is 522 g/mol. The number of rotatable bonds is 3. The van der Waals surface area contributed by atoms with E-state index in [9.17, 15) is 0 Å². The summed E-state index contributed by atoms with van der Waals surface area (Å²) < 4.78 is 6.77. The quantitative estimate of drug-likeness (QED) is 0.206. The molecule has 0 aliphatic carbocycles. The SMILES string of the molecule is c1ccc(-c2cccc3c2oc2c(-c4ccccc4-c4ccc5c6ccccc6c6ccccc6c5n4)cccc23)cc1. The van der Waals surface area contributed by atoms with Crippen molar-refractivity contribution in [3.05, 3.63) is 152 Å². The molecule has 0 aliphatic heterocycles. The van der Waals surface area contributed by atoms with E-state index in [4.69, 9.17) is 9.40 Å². The van der Waals surface area contributed by atoms with Gasteiger partial charge in [0.2, 0.25) is 0 Å². The molecular formula is C41H25NO. The summed E-state index contributed by atoms with van der Waals surface area (Å²) in [6.45, 7) is 0. The number of furan rings is 1. The smallest absolute Gasteiger partial charge is 0.143 e. The molecule has 43 heavy (non-hydrogen) atoms. The molecule has 9 aromatic rings. The zero-order chi connectivity index (χ0) is 28.3. The Morgan fingerprint density at radius 1 is 0.326 bits per heavy atom. The summed E-state index contributed by atoms with van der Waals surface area (Å²) in [5, 5.41) is 8.29. The lowest BCUT2D eigenvalue weighted by Gasteiger charge is -2.13. The molecule has 0 bridgehead atoms. The van der Waals surface area contributed by atoms with Gasteiger partial charge in [-0.05, 0) is 39.4 Å². The fourth-order valence-electron chi connectivity index (χ4n) is 6.73. The maximum absolute atomic E-state index is 6.77. The van der Waals surface area contributed by atoms with Gasteiger partial charge in [-0.1, -0.05) is 140 Å². The lowest BCUT2D eigenvalue weighted by molar-refractivity contribution is 0.671. The molecule has 0 radical (unpaired) electrons. The van der Waals surface area contributed by atoms with E-state index in [1.165, 1.54) is 26.9 Å². The van der Waals surface area contributed by atoms with Crippen LogP contribution >= 0.6 is 0 Å². The van der Waals surface area contributed by atoms with Gasteiger partial charge in [0.05, 0.1) is 11.2 Å². The van der Waals surface area contributed by atoms with Crippen LogP contribution in [0.4, 0.5) is 0 Å². The summed E-state index contributed by atoms with van der Waals surface area (Å²) in [7, 11) is 0. The fraction of sp³-hybridized carbons (Fsp3) is 0. The minimum atomic E-state index is 0.894. The summed E-state index contributed by atoms with van der Waals surface area (Å²) in [6, 6.07) is 53.5. The largest absolute Gasteiger partial charge is 0.455 e. The Labute approximate surface area is 248 Å². The number of nitrogens with zero attached hydrogens (tertiary/aromatic N) is 1. The predicted octanol–water partition coefficient (Wildman–Crippen LogP) is 11.4. The number of aromatic nitrogens is 1. The highest BCUT2D eigenvalue weighted by Crippen LogP contribution is 2.43. The average molecular weight is 548 g/mol. The third kappa shape index (κ3) is 3.63. The van der Waals surface area contributed by atoms with E-state index in [2.05, 4.69) is 146 Å². The second-order valence-corrected chi connectivity index (χ2v) is 11.1. The molecule has 0 saturated heterocycles. The van der Waals surface area contributed by atoms with Gasteiger partial charge in [0.1, 0.15) is 11.2 Å². The Kier molecular flexibility index (Phi) is 5.23. The van der Waals surface area contributed by atoms with Crippen molar-refractivity contribution in [1.29, 1.82) is 0 Å². The van der Waals surface area contributed by atoms with Crippen LogP contribution in [0.25, 0.3) is 87.9 Å². The fourth-order valence-corrected chi connectivity index (χ4v) is 6.73. The van der Waals surface area contributed by atoms with Crippen molar-refractivity contribution in [2.24, 2.45) is 0 Å². The van der Waals surface area contributed by atoms with Crippen molar-refractivity contribution in [3.63, 3.8) is 0 Å². The van der Waals surface area contributed by atoms with Gasteiger partial charge in [-0.25, -0.2) is 4.98 Å². The first-order valence-corrected chi connectivity index (χ1v) is 14.6. The molecule has 0 saturated carbocycles. The lowest BCUT2D eigenvalue weighted by atomic mass is 9.94. The maximum atomic E-state index is 6.77. The van der Waals surface area contributed by atoms with Crippen LogP contribution in [0.1, 0.15) is 0 Å². The number of benzene rings is 7. The number of hydrogen-bond acceptors (Lipinski definition) is 2. The van der Waals surface area contributed by atoms with E-state index >= 15 is 0 Å². The Hall–Kier alpha value is -5.73. The van der Waals surface area contributed by atoms with E-state index in [1.807, 2.05) is 6.07 Å². The van der Waals surface area contributed by atoms with Gasteiger partial charge in [0, 0.05) is 38.2 Å². The normalized spacial score (nSPS) is 11.7. The molecule has 0 atom stereocenters. The Morgan fingerprint density at radius 3 is 1.53 bits per heavy atom.